The number of carbonyl (C=O) groups excluding carboxylic acids is 1. The first-order valence-corrected chi connectivity index (χ1v) is 4.81. The van der Waals surface area contributed by atoms with E-state index in [0.717, 1.165) is 18.4 Å². The Kier molecular flexibility index (Phi) is 1.35. The van der Waals surface area contributed by atoms with Crippen LogP contribution < -0.4 is 5.73 Å². The molecule has 1 aromatic rings. The van der Waals surface area contributed by atoms with Crippen molar-refractivity contribution in [2.45, 2.75) is 24.5 Å². The van der Waals surface area contributed by atoms with Crippen LogP contribution in [-0.2, 0) is 21.6 Å². The number of benzene rings is 1. The number of aryl methyl sites for hydroxylation is 1. The van der Waals surface area contributed by atoms with Gasteiger partial charge in [-0.15, -0.1) is 0 Å². The lowest BCUT2D eigenvalue weighted by molar-refractivity contribution is -0.123. The standard InChI is InChI=1S/C11H11NO2/c12-10(13)11-8-4-2-1-3-7(8)5-6-9(11)14-11/h1-4,9H,5-6H2,(H2,12,13). The minimum absolute atomic E-state index is 0.0231. The van der Waals surface area contributed by atoms with Gasteiger partial charge in [0.25, 0.3) is 5.91 Å². The van der Waals surface area contributed by atoms with E-state index >= 15 is 0 Å². The molecule has 2 N–H and O–H groups in total. The van der Waals surface area contributed by atoms with Crippen molar-refractivity contribution in [3.63, 3.8) is 0 Å². The van der Waals surface area contributed by atoms with Crippen LogP contribution in [0.25, 0.3) is 0 Å². The Balaban J connectivity index is 2.18. The van der Waals surface area contributed by atoms with Gasteiger partial charge >= 0.3 is 0 Å². The molecule has 0 radical (unpaired) electrons. The van der Waals surface area contributed by atoms with E-state index in [9.17, 15) is 4.79 Å². The Morgan fingerprint density at radius 1 is 1.50 bits per heavy atom. The predicted molar refractivity (Wildman–Crippen MR) is 50.5 cm³/mol. The average molecular weight is 189 g/mol. The third-order valence-electron chi connectivity index (χ3n) is 3.18. The zero-order chi connectivity index (χ0) is 9.76. The first-order valence-electron chi connectivity index (χ1n) is 4.81. The molecule has 2 atom stereocenters. The van der Waals surface area contributed by atoms with Gasteiger partial charge in [-0.1, -0.05) is 24.3 Å². The van der Waals surface area contributed by atoms with Crippen LogP contribution in [0.5, 0.6) is 0 Å². The van der Waals surface area contributed by atoms with E-state index in [1.807, 2.05) is 24.3 Å². The maximum Gasteiger partial charge on any atom is 0.257 e. The first kappa shape index (κ1) is 8.00. The highest BCUT2D eigenvalue weighted by Gasteiger charge is 2.64. The van der Waals surface area contributed by atoms with Crippen LogP contribution in [0.1, 0.15) is 17.5 Å². The Labute approximate surface area is 81.9 Å². The number of hydrogen-bond acceptors (Lipinski definition) is 2. The molecule has 14 heavy (non-hydrogen) atoms. The number of fused-ring (bicyclic) bond motifs is 3. The van der Waals surface area contributed by atoms with E-state index in [0.29, 0.717) is 0 Å². The summed E-state index contributed by atoms with van der Waals surface area (Å²) in [4.78, 5) is 11.4. The van der Waals surface area contributed by atoms with Crippen molar-refractivity contribution in [1.29, 1.82) is 0 Å². The average Bonchev–Trinajstić information content (AvgIpc) is 2.93. The number of carbonyl (C=O) groups is 1. The summed E-state index contributed by atoms with van der Waals surface area (Å²) in [6.45, 7) is 0. The lowest BCUT2D eigenvalue weighted by Gasteiger charge is -2.18. The topological polar surface area (TPSA) is 55.6 Å². The van der Waals surface area contributed by atoms with Gasteiger partial charge in [-0.3, -0.25) is 4.79 Å². The fraction of sp³-hybridized carbons (Fsp3) is 0.364. The normalized spacial score (nSPS) is 33.0. The van der Waals surface area contributed by atoms with Crippen LogP contribution in [-0.4, -0.2) is 12.0 Å². The molecule has 0 aromatic heterocycles. The number of hydrogen-bond donors (Lipinski definition) is 1. The molecule has 1 aliphatic carbocycles. The monoisotopic (exact) mass is 189 g/mol. The summed E-state index contributed by atoms with van der Waals surface area (Å²) >= 11 is 0. The molecule has 1 fully saturated rings. The fourth-order valence-electron chi connectivity index (χ4n) is 2.43. The molecule has 72 valence electrons. The van der Waals surface area contributed by atoms with Gasteiger partial charge in [-0.05, 0) is 24.0 Å². The van der Waals surface area contributed by atoms with Gasteiger partial charge in [0.15, 0.2) is 5.60 Å². The maximum absolute atomic E-state index is 11.4. The number of ether oxygens (including phenoxy) is 1. The summed E-state index contributed by atoms with van der Waals surface area (Å²) in [5.41, 5.74) is 6.78. The molecule has 0 bridgehead atoms. The van der Waals surface area contributed by atoms with Gasteiger partial charge in [-0.2, -0.15) is 0 Å². The first-order chi connectivity index (χ1) is 6.75. The summed E-state index contributed by atoms with van der Waals surface area (Å²) in [6.07, 6.45) is 1.91. The fourth-order valence-corrected chi connectivity index (χ4v) is 2.43. The van der Waals surface area contributed by atoms with Crippen LogP contribution in [0, 0.1) is 0 Å². The van der Waals surface area contributed by atoms with E-state index < -0.39 is 5.60 Å². The smallest absolute Gasteiger partial charge is 0.257 e. The largest absolute Gasteiger partial charge is 0.367 e. The van der Waals surface area contributed by atoms with Crippen molar-refractivity contribution >= 4 is 5.91 Å². The highest BCUT2D eigenvalue weighted by atomic mass is 16.6. The van der Waals surface area contributed by atoms with Crippen LogP contribution in [0.2, 0.25) is 0 Å². The van der Waals surface area contributed by atoms with Gasteiger partial charge < -0.3 is 10.5 Å². The molecule has 1 aliphatic heterocycles. The van der Waals surface area contributed by atoms with Crippen molar-refractivity contribution in [3.05, 3.63) is 35.4 Å². The summed E-state index contributed by atoms with van der Waals surface area (Å²) in [5.74, 6) is -0.352. The molecule has 3 heteroatoms. The van der Waals surface area contributed by atoms with Gasteiger partial charge in [0.05, 0.1) is 0 Å². The molecule has 2 aliphatic rings. The van der Waals surface area contributed by atoms with Gasteiger partial charge in [0, 0.05) is 0 Å². The van der Waals surface area contributed by atoms with Crippen molar-refractivity contribution < 1.29 is 9.53 Å². The molecular formula is C11H11NO2. The molecule has 1 aromatic carbocycles. The minimum Gasteiger partial charge on any atom is -0.367 e. The highest BCUT2D eigenvalue weighted by molar-refractivity contribution is 5.89. The number of rotatable bonds is 1. The number of nitrogens with two attached hydrogens (primary N) is 1. The lowest BCUT2D eigenvalue weighted by atomic mass is 9.82. The van der Waals surface area contributed by atoms with Gasteiger partial charge in [0.2, 0.25) is 0 Å². The number of primary amides is 1. The van der Waals surface area contributed by atoms with Crippen molar-refractivity contribution in [2.75, 3.05) is 0 Å². The van der Waals surface area contributed by atoms with Crippen LogP contribution in [0.15, 0.2) is 24.3 Å². The molecule has 0 spiro atoms. The summed E-state index contributed by atoms with van der Waals surface area (Å²) < 4.78 is 5.48. The molecule has 2 unspecified atom stereocenters. The van der Waals surface area contributed by atoms with Gasteiger partial charge in [0.1, 0.15) is 6.10 Å². The Bertz CT molecular complexity index is 416. The Hall–Kier alpha value is -1.35. The minimum atomic E-state index is -0.783. The second-order valence-electron chi connectivity index (χ2n) is 3.90. The Morgan fingerprint density at radius 2 is 2.29 bits per heavy atom. The van der Waals surface area contributed by atoms with E-state index in [1.54, 1.807) is 0 Å². The van der Waals surface area contributed by atoms with E-state index in [1.165, 1.54) is 5.56 Å². The van der Waals surface area contributed by atoms with Crippen molar-refractivity contribution in [2.24, 2.45) is 5.73 Å². The summed E-state index contributed by atoms with van der Waals surface area (Å²) in [5, 5.41) is 0. The zero-order valence-electron chi connectivity index (χ0n) is 7.69. The summed E-state index contributed by atoms with van der Waals surface area (Å²) in [6, 6.07) is 7.89. The van der Waals surface area contributed by atoms with E-state index in [2.05, 4.69) is 0 Å². The molecule has 1 heterocycles. The molecule has 3 nitrogen and oxygen atoms in total. The third-order valence-corrected chi connectivity index (χ3v) is 3.18. The molecule has 1 amide bonds. The third kappa shape index (κ3) is 0.780. The second kappa shape index (κ2) is 2.36. The van der Waals surface area contributed by atoms with E-state index in [4.69, 9.17) is 10.5 Å². The van der Waals surface area contributed by atoms with E-state index in [-0.39, 0.29) is 12.0 Å². The van der Waals surface area contributed by atoms with Crippen molar-refractivity contribution in [1.82, 2.24) is 0 Å². The molecular weight excluding hydrogens is 178 g/mol. The van der Waals surface area contributed by atoms with Crippen LogP contribution in [0.3, 0.4) is 0 Å². The van der Waals surface area contributed by atoms with Crippen LogP contribution >= 0.6 is 0 Å². The van der Waals surface area contributed by atoms with Crippen LogP contribution in [0.4, 0.5) is 0 Å². The zero-order valence-corrected chi connectivity index (χ0v) is 7.69. The number of amides is 1. The second-order valence-corrected chi connectivity index (χ2v) is 3.90. The highest BCUT2D eigenvalue weighted by Crippen LogP contribution is 2.52. The molecule has 3 rings (SSSR count). The maximum atomic E-state index is 11.4. The Morgan fingerprint density at radius 3 is 3.07 bits per heavy atom. The quantitative estimate of drug-likeness (QED) is 0.661. The summed E-state index contributed by atoms with van der Waals surface area (Å²) in [7, 11) is 0. The molecule has 0 saturated carbocycles. The predicted octanol–water partition coefficient (Wildman–Crippen LogP) is 0.712. The van der Waals surface area contributed by atoms with Crippen molar-refractivity contribution in [3.8, 4) is 0 Å². The molecule has 1 saturated heterocycles. The lowest BCUT2D eigenvalue weighted by Crippen LogP contribution is -2.35. The van der Waals surface area contributed by atoms with Gasteiger partial charge in [-0.25, -0.2) is 0 Å². The number of epoxide rings is 1. The SMILES string of the molecule is NC(=O)C12OC1CCc1ccccc12.